The summed E-state index contributed by atoms with van der Waals surface area (Å²) < 4.78 is 13.5. The van der Waals surface area contributed by atoms with E-state index in [0.29, 0.717) is 12.5 Å². The van der Waals surface area contributed by atoms with Gasteiger partial charge in [0, 0.05) is 6.54 Å². The molecule has 0 aliphatic carbocycles. The largest absolute Gasteiger partial charge is 0.352 e. The Bertz CT molecular complexity index is 428. The zero-order valence-corrected chi connectivity index (χ0v) is 10.6. The van der Waals surface area contributed by atoms with Gasteiger partial charge in [0.2, 0.25) is 0 Å². The summed E-state index contributed by atoms with van der Waals surface area (Å²) in [5.74, 6) is -0.263. The van der Waals surface area contributed by atoms with E-state index in [9.17, 15) is 9.18 Å². The van der Waals surface area contributed by atoms with Crippen molar-refractivity contribution in [2.45, 2.75) is 19.8 Å². The van der Waals surface area contributed by atoms with Crippen LogP contribution in [-0.4, -0.2) is 25.5 Å². The maximum atomic E-state index is 13.5. The Balaban J connectivity index is 1.92. The van der Waals surface area contributed by atoms with Crippen molar-refractivity contribution in [2.24, 2.45) is 5.92 Å². The maximum absolute atomic E-state index is 13.5. The van der Waals surface area contributed by atoms with Gasteiger partial charge in [0.05, 0.1) is 5.56 Å². The molecule has 1 aliphatic rings. The van der Waals surface area contributed by atoms with E-state index in [2.05, 4.69) is 10.6 Å². The van der Waals surface area contributed by atoms with Gasteiger partial charge in [0.25, 0.3) is 5.91 Å². The Labute approximate surface area is 107 Å². The van der Waals surface area contributed by atoms with Gasteiger partial charge in [-0.05, 0) is 50.9 Å². The third kappa shape index (κ3) is 3.29. The van der Waals surface area contributed by atoms with Crippen molar-refractivity contribution < 1.29 is 9.18 Å². The number of carbonyl (C=O) groups is 1. The van der Waals surface area contributed by atoms with E-state index >= 15 is 0 Å². The van der Waals surface area contributed by atoms with Crippen molar-refractivity contribution in [2.75, 3.05) is 19.6 Å². The summed E-state index contributed by atoms with van der Waals surface area (Å²) in [7, 11) is 0. The topological polar surface area (TPSA) is 41.1 Å². The first kappa shape index (κ1) is 13.0. The lowest BCUT2D eigenvalue weighted by Gasteiger charge is -2.22. The summed E-state index contributed by atoms with van der Waals surface area (Å²) in [5.41, 5.74) is 1.03. The van der Waals surface area contributed by atoms with Crippen molar-refractivity contribution in [3.05, 3.63) is 35.1 Å². The SMILES string of the molecule is Cc1ccc(F)c(C(=O)NCC2CCNCC2)c1. The minimum atomic E-state index is -0.455. The van der Waals surface area contributed by atoms with Gasteiger partial charge < -0.3 is 10.6 Å². The molecule has 0 saturated carbocycles. The van der Waals surface area contributed by atoms with Gasteiger partial charge in [-0.3, -0.25) is 4.79 Å². The lowest BCUT2D eigenvalue weighted by molar-refractivity contribution is 0.0940. The molecular weight excluding hydrogens is 231 g/mol. The van der Waals surface area contributed by atoms with Crippen LogP contribution in [0.4, 0.5) is 4.39 Å². The zero-order valence-electron chi connectivity index (χ0n) is 10.6. The van der Waals surface area contributed by atoms with Crippen LogP contribution >= 0.6 is 0 Å². The molecule has 2 N–H and O–H groups in total. The monoisotopic (exact) mass is 250 g/mol. The molecule has 0 atom stereocenters. The molecule has 1 fully saturated rings. The third-order valence-electron chi connectivity index (χ3n) is 3.38. The average Bonchev–Trinajstić information content (AvgIpc) is 2.40. The Morgan fingerprint density at radius 3 is 2.89 bits per heavy atom. The van der Waals surface area contributed by atoms with Crippen molar-refractivity contribution in [3.63, 3.8) is 0 Å². The van der Waals surface area contributed by atoms with Crippen LogP contribution in [0, 0.1) is 18.7 Å². The van der Waals surface area contributed by atoms with Crippen LogP contribution in [-0.2, 0) is 0 Å². The standard InChI is InChI=1S/C14H19FN2O/c1-10-2-3-13(15)12(8-10)14(18)17-9-11-4-6-16-7-5-11/h2-3,8,11,16H,4-7,9H2,1H3,(H,17,18). The molecule has 18 heavy (non-hydrogen) atoms. The van der Waals surface area contributed by atoms with Crippen LogP contribution in [0.1, 0.15) is 28.8 Å². The summed E-state index contributed by atoms with van der Waals surface area (Å²) in [6, 6.07) is 4.60. The molecule has 0 aromatic heterocycles. The zero-order chi connectivity index (χ0) is 13.0. The molecule has 1 aromatic carbocycles. The van der Waals surface area contributed by atoms with Crippen LogP contribution in [0.5, 0.6) is 0 Å². The summed E-state index contributed by atoms with van der Waals surface area (Å²) in [6.45, 7) is 4.48. The molecule has 1 amide bonds. The molecule has 4 heteroatoms. The number of nitrogens with one attached hydrogen (secondary N) is 2. The van der Waals surface area contributed by atoms with E-state index in [4.69, 9.17) is 0 Å². The van der Waals surface area contributed by atoms with Gasteiger partial charge in [-0.25, -0.2) is 4.39 Å². The van der Waals surface area contributed by atoms with Gasteiger partial charge in [0.15, 0.2) is 0 Å². The number of aryl methyl sites for hydroxylation is 1. The number of piperidine rings is 1. The molecule has 0 spiro atoms. The van der Waals surface area contributed by atoms with Crippen LogP contribution in [0.15, 0.2) is 18.2 Å². The fourth-order valence-electron chi connectivity index (χ4n) is 2.23. The van der Waals surface area contributed by atoms with Crippen molar-refractivity contribution in [1.82, 2.24) is 10.6 Å². The number of hydrogen-bond donors (Lipinski definition) is 2. The van der Waals surface area contributed by atoms with E-state index in [-0.39, 0.29) is 11.5 Å². The predicted octanol–water partition coefficient (Wildman–Crippen LogP) is 1.86. The summed E-state index contributed by atoms with van der Waals surface area (Å²) in [6.07, 6.45) is 2.13. The van der Waals surface area contributed by atoms with E-state index in [0.717, 1.165) is 31.5 Å². The first-order valence-corrected chi connectivity index (χ1v) is 6.42. The molecule has 0 bridgehead atoms. The van der Waals surface area contributed by atoms with E-state index in [1.165, 1.54) is 6.07 Å². The second-order valence-electron chi connectivity index (χ2n) is 4.89. The fourth-order valence-corrected chi connectivity index (χ4v) is 2.23. The van der Waals surface area contributed by atoms with Crippen molar-refractivity contribution >= 4 is 5.91 Å². The minimum absolute atomic E-state index is 0.143. The Hall–Kier alpha value is -1.42. The van der Waals surface area contributed by atoms with Gasteiger partial charge in [-0.15, -0.1) is 0 Å². The highest BCUT2D eigenvalue weighted by molar-refractivity contribution is 5.94. The van der Waals surface area contributed by atoms with E-state index < -0.39 is 5.82 Å². The Kier molecular flexibility index (Phi) is 4.31. The number of carbonyl (C=O) groups excluding carboxylic acids is 1. The lowest BCUT2D eigenvalue weighted by Crippen LogP contribution is -2.36. The Morgan fingerprint density at radius 2 is 2.17 bits per heavy atom. The second-order valence-corrected chi connectivity index (χ2v) is 4.89. The van der Waals surface area contributed by atoms with Crippen molar-refractivity contribution in [1.29, 1.82) is 0 Å². The number of rotatable bonds is 3. The summed E-state index contributed by atoms with van der Waals surface area (Å²) >= 11 is 0. The first-order valence-electron chi connectivity index (χ1n) is 6.42. The molecule has 98 valence electrons. The molecule has 3 nitrogen and oxygen atoms in total. The minimum Gasteiger partial charge on any atom is -0.352 e. The summed E-state index contributed by atoms with van der Waals surface area (Å²) in [5, 5.41) is 6.11. The quantitative estimate of drug-likeness (QED) is 0.859. The highest BCUT2D eigenvalue weighted by atomic mass is 19.1. The van der Waals surface area contributed by atoms with Gasteiger partial charge in [0.1, 0.15) is 5.82 Å². The number of amides is 1. The van der Waals surface area contributed by atoms with E-state index in [1.54, 1.807) is 12.1 Å². The fraction of sp³-hybridized carbons (Fsp3) is 0.500. The second kappa shape index (κ2) is 5.96. The van der Waals surface area contributed by atoms with Crippen LogP contribution in [0.3, 0.4) is 0 Å². The predicted molar refractivity (Wildman–Crippen MR) is 69.1 cm³/mol. The third-order valence-corrected chi connectivity index (χ3v) is 3.38. The highest BCUT2D eigenvalue weighted by Gasteiger charge is 2.16. The molecule has 1 aromatic rings. The summed E-state index contributed by atoms with van der Waals surface area (Å²) in [4.78, 5) is 11.9. The molecule has 1 aliphatic heterocycles. The molecule has 0 radical (unpaired) electrons. The average molecular weight is 250 g/mol. The molecule has 0 unspecified atom stereocenters. The van der Waals surface area contributed by atoms with Crippen LogP contribution < -0.4 is 10.6 Å². The van der Waals surface area contributed by atoms with Gasteiger partial charge in [-0.1, -0.05) is 11.6 Å². The smallest absolute Gasteiger partial charge is 0.254 e. The van der Waals surface area contributed by atoms with Gasteiger partial charge >= 0.3 is 0 Å². The lowest BCUT2D eigenvalue weighted by atomic mass is 9.98. The highest BCUT2D eigenvalue weighted by Crippen LogP contribution is 2.12. The van der Waals surface area contributed by atoms with Gasteiger partial charge in [-0.2, -0.15) is 0 Å². The maximum Gasteiger partial charge on any atom is 0.254 e. The molecule has 2 rings (SSSR count). The van der Waals surface area contributed by atoms with Crippen LogP contribution in [0.25, 0.3) is 0 Å². The van der Waals surface area contributed by atoms with Crippen LogP contribution in [0.2, 0.25) is 0 Å². The van der Waals surface area contributed by atoms with Crippen molar-refractivity contribution in [3.8, 4) is 0 Å². The number of hydrogen-bond acceptors (Lipinski definition) is 2. The first-order chi connectivity index (χ1) is 8.66. The number of halogens is 1. The Morgan fingerprint density at radius 1 is 1.44 bits per heavy atom. The molecule has 1 heterocycles. The molecular formula is C14H19FN2O. The number of benzene rings is 1. The van der Waals surface area contributed by atoms with E-state index in [1.807, 2.05) is 6.92 Å². The molecule has 1 saturated heterocycles. The normalized spacial score (nSPS) is 16.6.